The van der Waals surface area contributed by atoms with Gasteiger partial charge in [-0.15, -0.1) is 0 Å². The van der Waals surface area contributed by atoms with Crippen molar-refractivity contribution in [1.82, 2.24) is 0 Å². The number of hydrogen-bond donors (Lipinski definition) is 1. The van der Waals surface area contributed by atoms with E-state index in [1.807, 2.05) is 48.5 Å². The Balaban J connectivity index is 2.16. The lowest BCUT2D eigenvalue weighted by Crippen LogP contribution is -2.32. The van der Waals surface area contributed by atoms with Crippen LogP contribution in [-0.4, -0.2) is 16.8 Å². The second-order valence-corrected chi connectivity index (χ2v) is 11.0. The first kappa shape index (κ1) is 23.8. The molecule has 1 N–H and O–H groups in total. The summed E-state index contributed by atoms with van der Waals surface area (Å²) in [4.78, 5) is 28.1. The number of benzene rings is 2. The summed E-state index contributed by atoms with van der Waals surface area (Å²) in [5.74, 6) is -0.860. The lowest BCUT2D eigenvalue weighted by molar-refractivity contribution is -0.123. The molecule has 1 unspecified atom stereocenters. The highest BCUT2D eigenvalue weighted by Crippen LogP contribution is 2.43. The van der Waals surface area contributed by atoms with Crippen molar-refractivity contribution in [2.45, 2.75) is 72.8 Å². The van der Waals surface area contributed by atoms with E-state index in [0.717, 1.165) is 16.7 Å². The summed E-state index contributed by atoms with van der Waals surface area (Å²) in [6.45, 7) is 16.1. The number of nitrogens with zero attached hydrogens (tertiary/aromatic N) is 1. The van der Waals surface area contributed by atoms with Crippen molar-refractivity contribution in [3.63, 3.8) is 0 Å². The van der Waals surface area contributed by atoms with E-state index in [1.54, 1.807) is 25.7 Å². The van der Waals surface area contributed by atoms with Gasteiger partial charge in [0.1, 0.15) is 0 Å². The number of hydrogen-bond acceptors (Lipinski definition) is 3. The zero-order valence-electron chi connectivity index (χ0n) is 20.5. The molecule has 0 radical (unpaired) electrons. The van der Waals surface area contributed by atoms with Crippen molar-refractivity contribution in [3.05, 3.63) is 76.6 Å². The number of rotatable bonds is 4. The molecule has 0 saturated heterocycles. The smallest absolute Gasteiger partial charge is 0.294 e. The minimum atomic E-state index is -0.731. The van der Waals surface area contributed by atoms with Crippen LogP contribution in [0.4, 0.5) is 5.69 Å². The zero-order chi connectivity index (χ0) is 24.0. The Kier molecular flexibility index (Phi) is 6.12. The quantitative estimate of drug-likeness (QED) is 0.589. The van der Waals surface area contributed by atoms with Gasteiger partial charge in [0, 0.05) is 11.1 Å². The van der Waals surface area contributed by atoms with Gasteiger partial charge in [0.05, 0.1) is 11.6 Å². The predicted octanol–water partition coefficient (Wildman–Crippen LogP) is 6.62. The summed E-state index contributed by atoms with van der Waals surface area (Å²) >= 11 is 0. The maximum Gasteiger partial charge on any atom is 0.294 e. The minimum absolute atomic E-state index is 0.0154. The van der Waals surface area contributed by atoms with Crippen molar-refractivity contribution in [3.8, 4) is 0 Å². The molecule has 0 saturated carbocycles. The van der Waals surface area contributed by atoms with E-state index in [0.29, 0.717) is 11.6 Å². The van der Waals surface area contributed by atoms with Crippen LogP contribution in [0.15, 0.2) is 59.9 Å². The van der Waals surface area contributed by atoms with Crippen LogP contribution in [0.5, 0.6) is 0 Å². The Morgan fingerprint density at radius 3 is 1.88 bits per heavy atom. The van der Waals surface area contributed by atoms with Crippen LogP contribution in [0.1, 0.15) is 84.0 Å². The first-order chi connectivity index (χ1) is 14.7. The van der Waals surface area contributed by atoms with Crippen LogP contribution in [0.25, 0.3) is 0 Å². The number of Topliss-reactive ketones (excluding diaryl/α,β-unsaturated/α-hetero) is 1. The normalized spacial score (nSPS) is 17.5. The van der Waals surface area contributed by atoms with Crippen LogP contribution < -0.4 is 4.90 Å². The summed E-state index contributed by atoms with van der Waals surface area (Å²) < 4.78 is 0. The highest BCUT2D eigenvalue weighted by molar-refractivity contribution is 6.17. The number of anilines is 1. The minimum Gasteiger partial charge on any atom is -0.503 e. The first-order valence-electron chi connectivity index (χ1n) is 11.3. The van der Waals surface area contributed by atoms with Gasteiger partial charge in [0.25, 0.3) is 5.91 Å². The van der Waals surface area contributed by atoms with Gasteiger partial charge in [0.2, 0.25) is 0 Å². The summed E-state index contributed by atoms with van der Waals surface area (Å²) in [5.41, 5.74) is 3.20. The van der Waals surface area contributed by atoms with Crippen LogP contribution in [-0.2, 0) is 15.0 Å². The van der Waals surface area contributed by atoms with E-state index in [4.69, 9.17) is 0 Å². The molecule has 1 amide bonds. The Morgan fingerprint density at radius 1 is 0.906 bits per heavy atom. The highest BCUT2D eigenvalue weighted by Gasteiger charge is 2.46. The lowest BCUT2D eigenvalue weighted by Gasteiger charge is -2.29. The average Bonchev–Trinajstić information content (AvgIpc) is 2.97. The lowest BCUT2D eigenvalue weighted by atomic mass is 9.81. The summed E-state index contributed by atoms with van der Waals surface area (Å²) in [6, 6.07) is 15.1. The van der Waals surface area contributed by atoms with Gasteiger partial charge in [-0.1, -0.05) is 91.8 Å². The third-order valence-electron chi connectivity index (χ3n) is 6.06. The maximum atomic E-state index is 13.4. The Morgan fingerprint density at radius 2 is 1.44 bits per heavy atom. The van der Waals surface area contributed by atoms with Crippen molar-refractivity contribution in [2.75, 3.05) is 4.90 Å². The molecule has 170 valence electrons. The first-order valence-corrected chi connectivity index (χ1v) is 11.3. The molecule has 1 heterocycles. The molecule has 0 bridgehead atoms. The van der Waals surface area contributed by atoms with Crippen LogP contribution >= 0.6 is 0 Å². The fourth-order valence-electron chi connectivity index (χ4n) is 4.01. The molecule has 2 aromatic carbocycles. The van der Waals surface area contributed by atoms with E-state index in [-0.39, 0.29) is 16.8 Å². The fraction of sp³-hybridized carbons (Fsp3) is 0.429. The molecule has 32 heavy (non-hydrogen) atoms. The summed E-state index contributed by atoms with van der Waals surface area (Å²) in [5, 5.41) is 10.8. The number of carbonyl (C=O) groups excluding carboxylic acids is 2. The van der Waals surface area contributed by atoms with Crippen molar-refractivity contribution < 1.29 is 14.7 Å². The van der Waals surface area contributed by atoms with Gasteiger partial charge >= 0.3 is 0 Å². The van der Waals surface area contributed by atoms with Crippen molar-refractivity contribution in [1.29, 1.82) is 0 Å². The van der Waals surface area contributed by atoms with E-state index in [1.165, 1.54) is 0 Å². The largest absolute Gasteiger partial charge is 0.503 e. The molecule has 1 aliphatic heterocycles. The molecular weight excluding hydrogens is 398 g/mol. The van der Waals surface area contributed by atoms with Gasteiger partial charge in [-0.25, -0.2) is 0 Å². The van der Waals surface area contributed by atoms with Crippen LogP contribution in [0, 0.1) is 5.41 Å². The van der Waals surface area contributed by atoms with E-state index < -0.39 is 23.1 Å². The van der Waals surface area contributed by atoms with Crippen LogP contribution in [0.3, 0.4) is 0 Å². The Bertz CT molecular complexity index is 1050. The molecule has 0 spiro atoms. The van der Waals surface area contributed by atoms with Gasteiger partial charge in [-0.05, 0) is 40.2 Å². The third-order valence-corrected chi connectivity index (χ3v) is 6.06. The average molecular weight is 434 g/mol. The Hall–Kier alpha value is -2.88. The van der Waals surface area contributed by atoms with Crippen LogP contribution in [0.2, 0.25) is 0 Å². The van der Waals surface area contributed by atoms with Gasteiger partial charge < -0.3 is 5.11 Å². The molecule has 1 aliphatic rings. The molecule has 1 atom stereocenters. The van der Waals surface area contributed by atoms with Gasteiger partial charge in [0.15, 0.2) is 11.5 Å². The Labute approximate surface area is 192 Å². The topological polar surface area (TPSA) is 57.6 Å². The maximum absolute atomic E-state index is 13.4. The summed E-state index contributed by atoms with van der Waals surface area (Å²) in [6.07, 6.45) is 0. The number of aliphatic hydroxyl groups is 1. The van der Waals surface area contributed by atoms with Gasteiger partial charge in [-0.3, -0.25) is 14.5 Å². The molecule has 4 nitrogen and oxygen atoms in total. The fourth-order valence-corrected chi connectivity index (χ4v) is 4.01. The predicted molar refractivity (Wildman–Crippen MR) is 130 cm³/mol. The second kappa shape index (κ2) is 8.23. The molecular formula is C28H35NO3. The number of ketones is 1. The summed E-state index contributed by atoms with van der Waals surface area (Å²) in [7, 11) is 0. The molecule has 0 aliphatic carbocycles. The molecule has 0 fully saturated rings. The van der Waals surface area contributed by atoms with Crippen molar-refractivity contribution >= 4 is 17.4 Å². The molecule has 2 aromatic rings. The zero-order valence-corrected chi connectivity index (χ0v) is 20.5. The number of amides is 1. The van der Waals surface area contributed by atoms with Crippen molar-refractivity contribution in [2.24, 2.45) is 5.41 Å². The number of carbonyl (C=O) groups is 2. The standard InChI is InChI=1S/C28H35NO3/c1-17(2)18-11-15-21(16-12-18)29-23(19-9-13-20(14-10-19)27(3,4)5)22(24(30)26(29)32)25(31)28(6,7)8/h9-17,23,30H,1-8H3. The third kappa shape index (κ3) is 4.36. The van der Waals surface area contributed by atoms with Gasteiger partial charge in [-0.2, -0.15) is 0 Å². The SMILES string of the molecule is CC(C)c1ccc(N2C(=O)C(O)=C(C(=O)C(C)(C)C)C2c2ccc(C(C)(C)C)cc2)cc1. The number of aliphatic hydroxyl groups excluding tert-OH is 1. The van der Waals surface area contributed by atoms with E-state index in [9.17, 15) is 14.7 Å². The molecule has 4 heteroatoms. The van der Waals surface area contributed by atoms with E-state index >= 15 is 0 Å². The highest BCUT2D eigenvalue weighted by atomic mass is 16.3. The monoisotopic (exact) mass is 433 g/mol. The molecule has 3 rings (SSSR count). The van der Waals surface area contributed by atoms with E-state index in [2.05, 4.69) is 34.6 Å². The second-order valence-electron chi connectivity index (χ2n) is 11.0. The molecule has 0 aromatic heterocycles.